The SMILES string of the molecule is C=C(c1sc2c(Cl)ccc(Cl)c2c1CC)N(CCCC[N-]CC)Cc1ccc2ccccc2c1.[K+]. The first-order valence-electron chi connectivity index (χ1n) is 12.0. The van der Waals surface area contributed by atoms with Crippen LogP contribution in [0.3, 0.4) is 0 Å². The van der Waals surface area contributed by atoms with Crippen LogP contribution in [-0.2, 0) is 13.0 Å². The first-order valence-corrected chi connectivity index (χ1v) is 13.5. The van der Waals surface area contributed by atoms with Crippen molar-refractivity contribution in [3.05, 3.63) is 92.5 Å². The first kappa shape index (κ1) is 29.2. The van der Waals surface area contributed by atoms with Crippen molar-refractivity contribution in [1.82, 2.24) is 4.90 Å². The molecule has 0 saturated heterocycles. The van der Waals surface area contributed by atoms with Gasteiger partial charge in [-0.05, 0) is 52.9 Å². The van der Waals surface area contributed by atoms with Crippen molar-refractivity contribution in [3.63, 3.8) is 0 Å². The molecular formula is C29H31Cl2KN2S. The molecule has 35 heavy (non-hydrogen) atoms. The third-order valence-electron chi connectivity index (χ3n) is 6.24. The van der Waals surface area contributed by atoms with Crippen LogP contribution in [0.2, 0.25) is 10.0 Å². The van der Waals surface area contributed by atoms with Crippen LogP contribution in [0, 0.1) is 0 Å². The number of hydrogen-bond acceptors (Lipinski definition) is 2. The van der Waals surface area contributed by atoms with Crippen LogP contribution in [0.25, 0.3) is 31.9 Å². The van der Waals surface area contributed by atoms with Gasteiger partial charge >= 0.3 is 51.4 Å². The predicted molar refractivity (Wildman–Crippen MR) is 153 cm³/mol. The minimum atomic E-state index is 0. The molecule has 0 N–H and O–H groups in total. The van der Waals surface area contributed by atoms with E-state index in [9.17, 15) is 0 Å². The number of thiophene rings is 1. The molecule has 3 aromatic carbocycles. The molecule has 0 fully saturated rings. The molecule has 0 spiro atoms. The smallest absolute Gasteiger partial charge is 0.662 e. The fraction of sp³-hybridized carbons (Fsp3) is 0.310. The van der Waals surface area contributed by atoms with Gasteiger partial charge in [-0.2, -0.15) is 6.54 Å². The van der Waals surface area contributed by atoms with Crippen molar-refractivity contribution < 1.29 is 51.4 Å². The standard InChI is InChI=1S/C29H31Cl2N2S.K/c1-4-24-27-25(30)14-15-26(31)29(27)34-28(24)20(3)33(17-9-8-16-32-5-2)19-21-12-13-22-10-6-7-11-23(22)18-21;/h6-7,10-15,18H,3-5,8-9,16-17,19H2,1-2H3;/q-1;+1. The molecule has 0 unspecified atom stereocenters. The Morgan fingerprint density at radius 2 is 1.71 bits per heavy atom. The topological polar surface area (TPSA) is 17.3 Å². The summed E-state index contributed by atoms with van der Waals surface area (Å²) in [6, 6.07) is 19.0. The maximum atomic E-state index is 6.62. The molecule has 0 radical (unpaired) electrons. The second-order valence-corrected chi connectivity index (χ2v) is 10.4. The van der Waals surface area contributed by atoms with Gasteiger partial charge in [0.1, 0.15) is 0 Å². The zero-order valence-electron chi connectivity index (χ0n) is 20.9. The molecule has 0 aliphatic carbocycles. The van der Waals surface area contributed by atoms with Gasteiger partial charge in [0.15, 0.2) is 0 Å². The molecule has 6 heteroatoms. The summed E-state index contributed by atoms with van der Waals surface area (Å²) in [7, 11) is 0. The Morgan fingerprint density at radius 1 is 0.971 bits per heavy atom. The van der Waals surface area contributed by atoms with E-state index < -0.39 is 0 Å². The molecule has 4 rings (SSSR count). The minimum absolute atomic E-state index is 0. The fourth-order valence-electron chi connectivity index (χ4n) is 4.46. The molecule has 1 aromatic heterocycles. The van der Waals surface area contributed by atoms with E-state index in [1.165, 1.54) is 26.8 Å². The van der Waals surface area contributed by atoms with Gasteiger partial charge in [-0.3, -0.25) is 0 Å². The molecule has 4 aromatic rings. The number of benzene rings is 3. The van der Waals surface area contributed by atoms with Crippen LogP contribution < -0.4 is 51.4 Å². The number of fused-ring (bicyclic) bond motifs is 2. The Hall–Kier alpha value is -0.404. The van der Waals surface area contributed by atoms with Gasteiger partial charge in [0, 0.05) is 29.2 Å². The number of hydrogen-bond donors (Lipinski definition) is 0. The van der Waals surface area contributed by atoms with Crippen molar-refractivity contribution in [2.75, 3.05) is 19.6 Å². The van der Waals surface area contributed by atoms with Crippen LogP contribution in [0.4, 0.5) is 0 Å². The van der Waals surface area contributed by atoms with Crippen LogP contribution >= 0.6 is 34.5 Å². The zero-order valence-corrected chi connectivity index (χ0v) is 26.4. The second kappa shape index (κ2) is 13.9. The summed E-state index contributed by atoms with van der Waals surface area (Å²) in [6.45, 7) is 12.4. The summed E-state index contributed by atoms with van der Waals surface area (Å²) < 4.78 is 1.05. The zero-order chi connectivity index (χ0) is 24.1. The molecule has 0 atom stereocenters. The van der Waals surface area contributed by atoms with Crippen molar-refractivity contribution in [1.29, 1.82) is 0 Å². The van der Waals surface area contributed by atoms with Gasteiger partial charge in [-0.1, -0.05) is 86.4 Å². The van der Waals surface area contributed by atoms with Crippen LogP contribution in [0.1, 0.15) is 42.7 Å². The number of nitrogens with zero attached hydrogens (tertiary/aromatic N) is 2. The minimum Gasteiger partial charge on any atom is -0.662 e. The van der Waals surface area contributed by atoms with Gasteiger partial charge in [-0.15, -0.1) is 17.9 Å². The van der Waals surface area contributed by atoms with Gasteiger partial charge in [-0.25, -0.2) is 0 Å². The van der Waals surface area contributed by atoms with E-state index in [4.69, 9.17) is 23.2 Å². The van der Waals surface area contributed by atoms with E-state index in [0.717, 1.165) is 71.3 Å². The number of aryl methyl sites for hydroxylation is 1. The number of unbranched alkanes of at least 4 members (excludes halogenated alkanes) is 1. The third-order valence-corrected chi connectivity index (χ3v) is 8.30. The normalized spacial score (nSPS) is 11.1. The Balaban J connectivity index is 0.00000342. The van der Waals surface area contributed by atoms with E-state index in [1.54, 1.807) is 11.3 Å². The molecule has 178 valence electrons. The maximum absolute atomic E-state index is 6.62. The summed E-state index contributed by atoms with van der Waals surface area (Å²) >= 11 is 14.9. The Labute approximate surface area is 266 Å². The average Bonchev–Trinajstić information content (AvgIpc) is 3.26. The summed E-state index contributed by atoms with van der Waals surface area (Å²) in [6.07, 6.45) is 3.04. The largest absolute Gasteiger partial charge is 1.00 e. The summed E-state index contributed by atoms with van der Waals surface area (Å²) in [5, 5.41) is 9.61. The van der Waals surface area contributed by atoms with Crippen LogP contribution in [0.5, 0.6) is 0 Å². The van der Waals surface area contributed by atoms with Crippen molar-refractivity contribution in [3.8, 4) is 0 Å². The Kier molecular flexibility index (Phi) is 11.6. The monoisotopic (exact) mass is 548 g/mol. The first-order chi connectivity index (χ1) is 16.5. The Bertz CT molecular complexity index is 1300. The van der Waals surface area contributed by atoms with E-state index in [2.05, 4.69) is 73.1 Å². The summed E-state index contributed by atoms with van der Waals surface area (Å²) in [5.41, 5.74) is 3.57. The second-order valence-electron chi connectivity index (χ2n) is 8.52. The molecule has 0 bridgehead atoms. The Morgan fingerprint density at radius 3 is 2.46 bits per heavy atom. The van der Waals surface area contributed by atoms with E-state index in [-0.39, 0.29) is 51.4 Å². The van der Waals surface area contributed by atoms with Crippen LogP contribution in [-0.4, -0.2) is 24.5 Å². The summed E-state index contributed by atoms with van der Waals surface area (Å²) in [5.74, 6) is 0. The predicted octanol–water partition coefficient (Wildman–Crippen LogP) is 6.57. The quantitative estimate of drug-likeness (QED) is 0.153. The van der Waals surface area contributed by atoms with E-state index in [0.29, 0.717) is 0 Å². The van der Waals surface area contributed by atoms with Crippen molar-refractivity contribution >= 4 is 61.1 Å². The molecule has 1 heterocycles. The molecule has 0 amide bonds. The average molecular weight is 550 g/mol. The van der Waals surface area contributed by atoms with Gasteiger partial charge < -0.3 is 10.2 Å². The molecule has 2 nitrogen and oxygen atoms in total. The van der Waals surface area contributed by atoms with Crippen molar-refractivity contribution in [2.24, 2.45) is 0 Å². The van der Waals surface area contributed by atoms with Gasteiger partial charge in [0.25, 0.3) is 0 Å². The molecular weight excluding hydrogens is 518 g/mol. The molecule has 0 aliphatic heterocycles. The number of rotatable bonds is 11. The van der Waals surface area contributed by atoms with Crippen molar-refractivity contribution in [2.45, 2.75) is 39.7 Å². The maximum Gasteiger partial charge on any atom is 1.00 e. The fourth-order valence-corrected chi connectivity index (χ4v) is 6.38. The van der Waals surface area contributed by atoms with Gasteiger partial charge in [0.2, 0.25) is 0 Å². The third kappa shape index (κ3) is 6.92. The molecule has 0 saturated carbocycles. The number of halogens is 2. The summed E-state index contributed by atoms with van der Waals surface area (Å²) in [4.78, 5) is 3.60. The van der Waals surface area contributed by atoms with E-state index >= 15 is 0 Å². The van der Waals surface area contributed by atoms with Gasteiger partial charge in [0.05, 0.1) is 14.6 Å². The van der Waals surface area contributed by atoms with E-state index in [1.807, 2.05) is 12.1 Å². The molecule has 0 aliphatic rings. The van der Waals surface area contributed by atoms with Crippen LogP contribution in [0.15, 0.2) is 61.2 Å².